The van der Waals surface area contributed by atoms with Crippen LogP contribution in [0.3, 0.4) is 0 Å². The molecule has 3 unspecified atom stereocenters. The van der Waals surface area contributed by atoms with Crippen molar-refractivity contribution in [3.8, 4) is 0 Å². The highest BCUT2D eigenvalue weighted by Crippen LogP contribution is 2.33. The minimum absolute atomic E-state index is 0.0124. The molecule has 76 heavy (non-hydrogen) atoms. The number of unbranched alkanes of at least 4 members (excludes halogenated alkanes) is 11. The Morgan fingerprint density at radius 1 is 0.447 bits per heavy atom. The number of hydrogen-bond donors (Lipinski definition) is 14. The lowest BCUT2D eigenvalue weighted by Gasteiger charge is -2.34. The number of amides is 6. The molecule has 24 heteroatoms. The van der Waals surface area contributed by atoms with Crippen LogP contribution in [0, 0.1) is 5.92 Å². The monoisotopic (exact) mass is 1090 g/mol. The van der Waals surface area contributed by atoms with E-state index in [4.69, 9.17) is 35.5 Å². The quantitative estimate of drug-likeness (QED) is 0.0278. The summed E-state index contributed by atoms with van der Waals surface area (Å²) in [6.45, 7) is 2.35. The Labute approximate surface area is 450 Å². The summed E-state index contributed by atoms with van der Waals surface area (Å²) in [7, 11) is 0. The molecular formula is C52H98N8O16. The molecule has 0 aromatic rings. The first-order valence-corrected chi connectivity index (χ1v) is 27.8. The number of carbonyl (C=O) groups is 6. The molecule has 0 spiro atoms. The fraction of sp³-hybridized carbons (Fsp3) is 0.846. The first-order chi connectivity index (χ1) is 36.7. The third-order valence-corrected chi connectivity index (χ3v) is 12.6. The van der Waals surface area contributed by atoms with Crippen LogP contribution in [0.4, 0.5) is 0 Å². The van der Waals surface area contributed by atoms with Gasteiger partial charge in [0.25, 0.3) is 5.95 Å². The van der Waals surface area contributed by atoms with Gasteiger partial charge >= 0.3 is 0 Å². The summed E-state index contributed by atoms with van der Waals surface area (Å²) in [5, 5.41) is 75.7. The molecule has 0 bridgehead atoms. The van der Waals surface area contributed by atoms with Gasteiger partial charge in [-0.3, -0.25) is 28.8 Å². The van der Waals surface area contributed by atoms with Crippen molar-refractivity contribution in [1.82, 2.24) is 31.9 Å². The predicted molar refractivity (Wildman–Crippen MR) is 284 cm³/mol. The van der Waals surface area contributed by atoms with Gasteiger partial charge in [-0.2, -0.15) is 0 Å². The van der Waals surface area contributed by atoms with E-state index in [0.717, 1.165) is 70.6 Å². The molecule has 1 fully saturated rings. The second-order valence-corrected chi connectivity index (χ2v) is 19.4. The topological polar surface area (TPSA) is 385 Å². The summed E-state index contributed by atoms with van der Waals surface area (Å²) in [4.78, 5) is 75.5. The number of rotatable bonds is 50. The summed E-state index contributed by atoms with van der Waals surface area (Å²) >= 11 is 0. The van der Waals surface area contributed by atoms with Gasteiger partial charge in [-0.05, 0) is 70.9 Å². The highest BCUT2D eigenvalue weighted by Gasteiger charge is 2.47. The molecule has 0 aliphatic heterocycles. The van der Waals surface area contributed by atoms with E-state index in [0.29, 0.717) is 84.2 Å². The lowest BCUT2D eigenvalue weighted by Crippen LogP contribution is -2.58. The first-order valence-electron chi connectivity index (χ1n) is 27.8. The Morgan fingerprint density at radius 3 is 1.26 bits per heavy atom. The molecule has 1 aliphatic carbocycles. The highest BCUT2D eigenvalue weighted by molar-refractivity contribution is 5.78. The maximum absolute atomic E-state index is 13.6. The maximum Gasteiger partial charge on any atom is 0.281 e. The molecule has 16 N–H and O–H groups in total. The predicted octanol–water partition coefficient (Wildman–Crippen LogP) is -0.155. The zero-order valence-electron chi connectivity index (χ0n) is 45.3. The van der Waals surface area contributed by atoms with Crippen molar-refractivity contribution >= 4 is 35.4 Å². The summed E-state index contributed by atoms with van der Waals surface area (Å²) in [6.07, 6.45) is 10.0. The van der Waals surface area contributed by atoms with Crippen LogP contribution < -0.4 is 43.4 Å². The number of aliphatic hydroxyl groups is 6. The average molecular weight is 1090 g/mol. The van der Waals surface area contributed by atoms with E-state index in [1.165, 1.54) is 0 Å². The van der Waals surface area contributed by atoms with E-state index < -0.39 is 42.3 Å². The maximum atomic E-state index is 13.6. The molecule has 442 valence electrons. The first kappa shape index (κ1) is 69.8. The van der Waals surface area contributed by atoms with E-state index in [-0.39, 0.29) is 133 Å². The lowest BCUT2D eigenvalue weighted by molar-refractivity contribution is -0.130. The minimum Gasteiger partial charge on any atom is -0.481 e. The van der Waals surface area contributed by atoms with Crippen LogP contribution in [0.5, 0.6) is 0 Å². The number of hydrogen-bond acceptors (Lipinski definition) is 18. The van der Waals surface area contributed by atoms with Crippen LogP contribution in [0.1, 0.15) is 148 Å². The molecule has 24 nitrogen and oxygen atoms in total. The Balaban J connectivity index is 2.66. The third kappa shape index (κ3) is 34.5. The molecule has 0 aromatic carbocycles. The Hall–Kier alpha value is -4.24. The van der Waals surface area contributed by atoms with Crippen molar-refractivity contribution in [2.45, 2.75) is 172 Å². The zero-order chi connectivity index (χ0) is 56.1. The molecule has 1 rings (SSSR count). The van der Waals surface area contributed by atoms with Crippen molar-refractivity contribution in [3.05, 3.63) is 11.5 Å². The minimum atomic E-state index is -1.58. The number of ether oxygens (including phenoxy) is 4. The molecular weight excluding hydrogens is 993 g/mol. The smallest absolute Gasteiger partial charge is 0.281 e. The van der Waals surface area contributed by atoms with E-state index in [2.05, 4.69) is 31.9 Å². The van der Waals surface area contributed by atoms with Crippen LogP contribution in [0.2, 0.25) is 0 Å². The highest BCUT2D eigenvalue weighted by atomic mass is 16.6. The number of aliphatic hydroxyl groups excluding tert-OH is 6. The molecule has 6 amide bonds. The van der Waals surface area contributed by atoms with E-state index in [1.54, 1.807) is 0 Å². The van der Waals surface area contributed by atoms with Crippen LogP contribution in [-0.4, -0.2) is 195 Å². The van der Waals surface area contributed by atoms with Crippen molar-refractivity contribution in [1.29, 1.82) is 0 Å². The average Bonchev–Trinajstić information content (AvgIpc) is 3.61. The van der Waals surface area contributed by atoms with Crippen LogP contribution in [-0.2, 0) is 47.7 Å². The summed E-state index contributed by atoms with van der Waals surface area (Å²) in [6, 6.07) is 0. The second-order valence-electron chi connectivity index (χ2n) is 19.4. The van der Waals surface area contributed by atoms with E-state index in [1.807, 2.05) is 0 Å². The molecule has 4 atom stereocenters. The molecule has 1 saturated carbocycles. The van der Waals surface area contributed by atoms with E-state index >= 15 is 0 Å². The van der Waals surface area contributed by atoms with Gasteiger partial charge < -0.3 is 93.0 Å². The zero-order valence-corrected chi connectivity index (χ0v) is 45.3. The third-order valence-electron chi connectivity index (χ3n) is 12.6. The van der Waals surface area contributed by atoms with Gasteiger partial charge in [0.05, 0.1) is 70.6 Å². The van der Waals surface area contributed by atoms with Crippen molar-refractivity contribution in [2.75, 3.05) is 105 Å². The normalized spacial score (nSPS) is 17.0. The van der Waals surface area contributed by atoms with Crippen LogP contribution in [0.25, 0.3) is 0 Å². The Morgan fingerprint density at radius 2 is 0.829 bits per heavy atom. The van der Waals surface area contributed by atoms with Gasteiger partial charge in [0.1, 0.15) is 11.6 Å². The molecule has 0 aromatic heterocycles. The fourth-order valence-electron chi connectivity index (χ4n) is 8.10. The van der Waals surface area contributed by atoms with Crippen molar-refractivity contribution in [2.24, 2.45) is 17.4 Å². The molecule has 0 saturated heterocycles. The van der Waals surface area contributed by atoms with Gasteiger partial charge in [-0.25, -0.2) is 0 Å². The second kappa shape index (κ2) is 45.7. The van der Waals surface area contributed by atoms with Gasteiger partial charge in [0.2, 0.25) is 35.4 Å². The fourth-order valence-corrected chi connectivity index (χ4v) is 8.10. The van der Waals surface area contributed by atoms with Gasteiger partial charge in [0, 0.05) is 83.8 Å². The Bertz CT molecular complexity index is 1580. The number of nitrogens with two attached hydrogens (primary N) is 2. The van der Waals surface area contributed by atoms with Crippen molar-refractivity contribution in [3.63, 3.8) is 0 Å². The van der Waals surface area contributed by atoms with Crippen LogP contribution >= 0.6 is 0 Å². The molecule has 1 aliphatic rings. The van der Waals surface area contributed by atoms with Gasteiger partial charge in [-0.15, -0.1) is 0 Å². The SMILES string of the molecule is NCCCNC(=O)CCOCC(COCCC(=O)NCCCN)(COCCC(=O)NCCCNC(=O)CCCCO/C(O)=C1/C(O)C(CO)[C@@H](O)C1O)NC(=O)CCCCCCCCCCC(=O)NCCCCCCO. The molecule has 0 heterocycles. The number of carbonyl (C=O) groups excluding carboxylic acids is 6. The van der Waals surface area contributed by atoms with Crippen molar-refractivity contribution < 1.29 is 78.4 Å². The van der Waals surface area contributed by atoms with Crippen LogP contribution in [0.15, 0.2) is 11.5 Å². The Kier molecular flexibility index (Phi) is 42.0. The summed E-state index contributed by atoms with van der Waals surface area (Å²) in [5.41, 5.74) is 9.54. The number of nitrogens with one attached hydrogen (secondary N) is 6. The summed E-state index contributed by atoms with van der Waals surface area (Å²) in [5.74, 6) is -2.92. The summed E-state index contributed by atoms with van der Waals surface area (Å²) < 4.78 is 23.2. The largest absolute Gasteiger partial charge is 0.481 e. The lowest BCUT2D eigenvalue weighted by atomic mass is 10.0. The van der Waals surface area contributed by atoms with Gasteiger partial charge in [0.15, 0.2) is 0 Å². The van der Waals surface area contributed by atoms with E-state index in [9.17, 15) is 54.3 Å². The standard InChI is InChI=1S/C52H98N8O16/c53-24-15-27-56-43(65)21-33-73-37-52(38-74-34-22-44(66)57-28-16-25-54,60-46(68)20-10-6-4-2-1-3-5-9-18-41(63)55-26-12-7-8-13-31-61)39-75-35-23-45(67)59-30-17-29-58-42(64)19-11-14-32-76-51(72)47-48(69)40(36-62)49(70)50(47)71/h40,48-50,61-62,69-72H,1-39,53-54H2,(H,55,63)(H,56,65)(H,57,66)(H,58,64)(H,59,67)(H,60,68)/b51-47-/t40?,48?,49-,50?/m1/s1. The molecule has 0 radical (unpaired) electrons. The van der Waals surface area contributed by atoms with Gasteiger partial charge in [-0.1, -0.05) is 51.4 Å².